The molecule has 0 bridgehead atoms. The Morgan fingerprint density at radius 2 is 1.13 bits per heavy atom. The molecule has 0 saturated carbocycles. The lowest BCUT2D eigenvalue weighted by molar-refractivity contribution is -0.159. The second-order valence-corrected chi connectivity index (χ2v) is 8.05. The first-order valence-electron chi connectivity index (χ1n) is 13.0. The highest BCUT2D eigenvalue weighted by Crippen LogP contribution is 2.12. The molecule has 0 spiro atoms. The zero-order valence-corrected chi connectivity index (χ0v) is 24.1. The van der Waals surface area contributed by atoms with Crippen LogP contribution in [0.2, 0.25) is 0 Å². The molecule has 232 valence electrons. The summed E-state index contributed by atoms with van der Waals surface area (Å²) in [5, 5.41) is 9.37. The third-order valence-corrected chi connectivity index (χ3v) is 4.86. The van der Waals surface area contributed by atoms with Gasteiger partial charge in [0.05, 0.1) is 6.61 Å². The van der Waals surface area contributed by atoms with E-state index < -0.39 is 24.6 Å². The van der Waals surface area contributed by atoms with Crippen molar-refractivity contribution in [2.75, 3.05) is 13.2 Å². The first-order chi connectivity index (χ1) is 18.6. The summed E-state index contributed by atoms with van der Waals surface area (Å²) in [6.07, 6.45) is 12.5. The summed E-state index contributed by atoms with van der Waals surface area (Å²) in [5.74, 6) is 33.0. The number of aliphatic hydroxyl groups is 1. The normalized spacial score (nSPS) is 8.79. The lowest BCUT2D eigenvalue weighted by Crippen LogP contribution is -2.28. The summed E-state index contributed by atoms with van der Waals surface area (Å²) >= 11 is 0. The fourth-order valence-corrected chi connectivity index (χ4v) is 2.96. The quantitative estimate of drug-likeness (QED) is 0.0898. The van der Waals surface area contributed by atoms with Crippen LogP contribution in [0.4, 0.5) is 0 Å². The number of hydrogen-bond acceptors (Lipinski definition) is 5. The molecule has 0 aliphatic heterocycles. The van der Waals surface area contributed by atoms with Crippen molar-refractivity contribution in [1.82, 2.24) is 0 Å². The Morgan fingerprint density at radius 1 is 0.692 bits per heavy atom. The molecule has 0 aromatic rings. The smallest absolute Gasteiger partial charge is 0.385 e. The molecule has 0 fully saturated rings. The van der Waals surface area contributed by atoms with Gasteiger partial charge in [-0.2, -0.15) is 13.5 Å². The Bertz CT molecular complexity index is 1190. The second-order valence-electron chi connectivity index (χ2n) is 8.05. The zero-order chi connectivity index (χ0) is 27.9. The van der Waals surface area contributed by atoms with Gasteiger partial charge in [-0.25, -0.2) is 4.79 Å². The van der Waals surface area contributed by atoms with E-state index >= 15 is 0 Å². The van der Waals surface area contributed by atoms with Crippen LogP contribution in [0, 0.1) is 82.9 Å². The van der Waals surface area contributed by atoms with E-state index in [1.54, 1.807) is 6.92 Å². The monoisotopic (exact) mass is 572 g/mol. The highest BCUT2D eigenvalue weighted by atomic mass is 32.1. The van der Waals surface area contributed by atoms with Crippen molar-refractivity contribution in [2.45, 2.75) is 97.0 Å². The largest absolute Gasteiger partial charge is 0.456 e. The fraction of sp³-hybridized carbons (Fsp3) is 0.515. The summed E-state index contributed by atoms with van der Waals surface area (Å²) in [6.45, 7) is 3.17. The van der Waals surface area contributed by atoms with Gasteiger partial charge in [0.15, 0.2) is 6.10 Å². The van der Waals surface area contributed by atoms with Crippen molar-refractivity contribution in [2.24, 2.45) is 0 Å². The molecule has 0 rings (SSSR count). The van der Waals surface area contributed by atoms with Gasteiger partial charge in [0.1, 0.15) is 6.61 Å². The molecule has 0 unspecified atom stereocenters. The molecular weight excluding hydrogens is 508 g/mol. The number of hydrogen-bond donors (Lipinski definition) is 1. The predicted octanol–water partition coefficient (Wildman–Crippen LogP) is 7.49. The standard InChI is InChI=1S/C33H36O5.H2S.13H2/c1-3-5-7-9-11-13-15-16-18-19-21-23-25-27-32(35)37-30-31(29-34)38-33(36)28-26-24-22-20-17-14-12-10-8-6-4-2;;;;;;;;;;;;;;/h31,34H,4,6,8,10,12,14,17,20,22,24,26,28-30H2,1-2H3;1H2;13*1H/t31-;;;;;;;;;;;;;;/m1............../s1. The highest BCUT2D eigenvalue weighted by Gasteiger charge is 2.15. The average Bonchev–Trinajstić information content (AvgIpc) is 2.92. The van der Waals surface area contributed by atoms with Crippen LogP contribution in [-0.4, -0.2) is 36.4 Å². The van der Waals surface area contributed by atoms with Gasteiger partial charge in [0, 0.05) is 30.9 Å². The van der Waals surface area contributed by atoms with E-state index in [4.69, 9.17) is 9.47 Å². The van der Waals surface area contributed by atoms with Crippen LogP contribution in [0.5, 0.6) is 0 Å². The molecular formula is C33H64O5S. The summed E-state index contributed by atoms with van der Waals surface area (Å²) in [5.41, 5.74) is 0. The van der Waals surface area contributed by atoms with Crippen LogP contribution < -0.4 is 0 Å². The van der Waals surface area contributed by atoms with E-state index in [1.807, 2.05) is 0 Å². The molecule has 0 radical (unpaired) electrons. The predicted molar refractivity (Wildman–Crippen MR) is 187 cm³/mol. The van der Waals surface area contributed by atoms with Crippen molar-refractivity contribution in [1.29, 1.82) is 0 Å². The SMILES string of the molecule is CC#CC#CC#CC#CC#CC#CC#CC(=O)OC[C@@H](CO)OC(=O)CCCCCCCCCCCCC.S.[HH].[HH].[HH].[HH].[HH].[HH].[HH].[HH].[HH].[HH].[HH].[HH].[HH]. The molecule has 1 atom stereocenters. The zero-order valence-electron chi connectivity index (χ0n) is 23.1. The number of unbranched alkanes of at least 4 members (excludes halogenated alkanes) is 10. The maximum atomic E-state index is 12.0. The van der Waals surface area contributed by atoms with E-state index in [-0.39, 0.29) is 45.1 Å². The van der Waals surface area contributed by atoms with Gasteiger partial charge >= 0.3 is 11.9 Å². The first kappa shape index (κ1) is 37.3. The lowest BCUT2D eigenvalue weighted by Gasteiger charge is -2.14. The maximum Gasteiger partial charge on any atom is 0.385 e. The topological polar surface area (TPSA) is 72.8 Å². The lowest BCUT2D eigenvalue weighted by atomic mass is 10.1. The maximum absolute atomic E-state index is 12.0. The number of esters is 2. The van der Waals surface area contributed by atoms with Crippen LogP contribution >= 0.6 is 13.5 Å². The van der Waals surface area contributed by atoms with E-state index in [1.165, 1.54) is 51.4 Å². The third kappa shape index (κ3) is 28.6. The Kier molecular flexibility index (Phi) is 29.1. The minimum atomic E-state index is -0.926. The molecule has 6 heteroatoms. The van der Waals surface area contributed by atoms with Crippen molar-refractivity contribution < 1.29 is 42.7 Å². The third-order valence-electron chi connectivity index (χ3n) is 4.86. The molecule has 0 amide bonds. The number of rotatable bonds is 16. The van der Waals surface area contributed by atoms with Crippen molar-refractivity contribution in [3.63, 3.8) is 0 Å². The summed E-state index contributed by atoms with van der Waals surface area (Å²) < 4.78 is 10.1. The van der Waals surface area contributed by atoms with Crippen LogP contribution in [-0.2, 0) is 19.1 Å². The van der Waals surface area contributed by atoms with E-state index in [2.05, 4.69) is 89.8 Å². The summed E-state index contributed by atoms with van der Waals surface area (Å²) in [7, 11) is 0. The Labute approximate surface area is 261 Å². The molecule has 0 aliphatic carbocycles. The molecule has 39 heavy (non-hydrogen) atoms. The molecule has 0 aromatic carbocycles. The summed E-state index contributed by atoms with van der Waals surface area (Å²) in [4.78, 5) is 23.6. The van der Waals surface area contributed by atoms with Crippen molar-refractivity contribution in [3.8, 4) is 82.9 Å². The van der Waals surface area contributed by atoms with Gasteiger partial charge in [-0.15, -0.1) is 0 Å². The Hall–Kier alpha value is -3.83. The Balaban J connectivity index is -0.0000000752. The number of carbonyl (C=O) groups excluding carboxylic acids is 2. The van der Waals surface area contributed by atoms with Crippen LogP contribution in [0.3, 0.4) is 0 Å². The van der Waals surface area contributed by atoms with E-state index in [9.17, 15) is 14.7 Å². The molecule has 1 N–H and O–H groups in total. The van der Waals surface area contributed by atoms with Gasteiger partial charge in [-0.1, -0.05) is 77.1 Å². The van der Waals surface area contributed by atoms with Gasteiger partial charge in [-0.05, 0) is 84.4 Å². The average molecular weight is 573 g/mol. The summed E-state index contributed by atoms with van der Waals surface area (Å²) in [6, 6.07) is 0. The van der Waals surface area contributed by atoms with Crippen LogP contribution in [0.1, 0.15) is 109 Å². The fourth-order valence-electron chi connectivity index (χ4n) is 2.96. The number of carbonyl (C=O) groups is 2. The van der Waals surface area contributed by atoms with Gasteiger partial charge in [-0.3, -0.25) is 4.79 Å². The van der Waals surface area contributed by atoms with Gasteiger partial charge in [0.25, 0.3) is 0 Å². The molecule has 0 saturated heterocycles. The number of ether oxygens (including phenoxy) is 2. The van der Waals surface area contributed by atoms with Crippen LogP contribution in [0.15, 0.2) is 0 Å². The minimum absolute atomic E-state index is 0. The molecule has 0 aliphatic rings. The highest BCUT2D eigenvalue weighted by molar-refractivity contribution is 7.59. The van der Waals surface area contributed by atoms with Crippen molar-refractivity contribution >= 4 is 25.4 Å². The van der Waals surface area contributed by atoms with Crippen LogP contribution in [0.25, 0.3) is 0 Å². The van der Waals surface area contributed by atoms with E-state index in [0.717, 1.165) is 19.3 Å². The van der Waals surface area contributed by atoms with Gasteiger partial charge in [0.2, 0.25) is 0 Å². The van der Waals surface area contributed by atoms with Crippen molar-refractivity contribution in [3.05, 3.63) is 0 Å². The first-order valence-corrected chi connectivity index (χ1v) is 13.0. The Morgan fingerprint density at radius 3 is 1.59 bits per heavy atom. The molecule has 0 aromatic heterocycles. The van der Waals surface area contributed by atoms with Gasteiger partial charge < -0.3 is 14.6 Å². The number of aliphatic hydroxyl groups excluding tert-OH is 1. The minimum Gasteiger partial charge on any atom is -0.456 e. The molecule has 5 nitrogen and oxygen atoms in total. The molecule has 0 heterocycles. The second kappa shape index (κ2) is 30.4. The van der Waals surface area contributed by atoms with E-state index in [0.29, 0.717) is 0 Å².